The number of ether oxygens (including phenoxy) is 1. The molecule has 5 rings (SSSR count). The predicted molar refractivity (Wildman–Crippen MR) is 168 cm³/mol. The second kappa shape index (κ2) is 12.6. The molecule has 0 aromatic heterocycles. The summed E-state index contributed by atoms with van der Waals surface area (Å²) in [5.74, 6) is -0.185. The van der Waals surface area contributed by atoms with Crippen LogP contribution in [0.1, 0.15) is 0 Å². The van der Waals surface area contributed by atoms with Crippen LogP contribution in [0.3, 0.4) is 0 Å². The summed E-state index contributed by atoms with van der Waals surface area (Å²) in [6.45, 7) is 2.31. The lowest BCUT2D eigenvalue weighted by atomic mass is 10.1. The van der Waals surface area contributed by atoms with E-state index in [1.54, 1.807) is 30.3 Å². The Morgan fingerprint density at radius 1 is 0.950 bits per heavy atom. The molecule has 1 aliphatic heterocycles. The van der Waals surface area contributed by atoms with E-state index >= 15 is 0 Å². The standard InChI is InChI=1S/C28H24BrCl2N3O4S2/c29-20-9-11-26(28-19(20)4-3-6-22(28)31)39-17-27(35)32-24-16-18(8-10-25(24)34-12-14-38-15-13-34)40(36,37)33-23-7-2-1-5-21(23)30/h1-11,16,33H,12-15,17H2,(H,32,35). The minimum atomic E-state index is -3.98. The number of nitrogens with one attached hydrogen (secondary N) is 2. The second-order valence-electron chi connectivity index (χ2n) is 8.91. The molecular formula is C28H24BrCl2N3O4S2. The molecule has 1 amide bonds. The summed E-state index contributed by atoms with van der Waals surface area (Å²) in [4.78, 5) is 16.1. The van der Waals surface area contributed by atoms with Gasteiger partial charge in [0.1, 0.15) is 0 Å². The van der Waals surface area contributed by atoms with E-state index in [2.05, 4.69) is 30.9 Å². The number of sulfonamides is 1. The molecule has 0 spiro atoms. The van der Waals surface area contributed by atoms with Gasteiger partial charge in [-0.05, 0) is 53.9 Å². The number of carbonyl (C=O) groups excluding carboxylic acids is 1. The number of rotatable bonds is 8. The van der Waals surface area contributed by atoms with Crippen LogP contribution in [0.5, 0.6) is 0 Å². The molecule has 4 aromatic carbocycles. The van der Waals surface area contributed by atoms with Crippen molar-refractivity contribution in [3.8, 4) is 0 Å². The number of fused-ring (bicyclic) bond motifs is 1. The Bertz CT molecular complexity index is 1680. The number of morpholine rings is 1. The Kier molecular flexibility index (Phi) is 9.14. The number of thioether (sulfide) groups is 1. The largest absolute Gasteiger partial charge is 0.378 e. The summed E-state index contributed by atoms with van der Waals surface area (Å²) in [5.41, 5.74) is 1.38. The van der Waals surface area contributed by atoms with Gasteiger partial charge in [-0.1, -0.05) is 63.4 Å². The van der Waals surface area contributed by atoms with Gasteiger partial charge < -0.3 is 15.0 Å². The summed E-state index contributed by atoms with van der Waals surface area (Å²) in [5, 5.41) is 5.63. The van der Waals surface area contributed by atoms with Gasteiger partial charge in [0, 0.05) is 32.9 Å². The first-order chi connectivity index (χ1) is 19.2. The van der Waals surface area contributed by atoms with Crippen LogP contribution in [-0.2, 0) is 19.6 Å². The molecule has 1 fully saturated rings. The smallest absolute Gasteiger partial charge is 0.262 e. The van der Waals surface area contributed by atoms with Crippen molar-refractivity contribution >= 4 is 94.7 Å². The maximum atomic E-state index is 13.2. The lowest BCUT2D eigenvalue weighted by molar-refractivity contribution is -0.113. The Hall–Kier alpha value is -2.47. The van der Waals surface area contributed by atoms with Gasteiger partial charge in [0.05, 0.1) is 45.9 Å². The van der Waals surface area contributed by atoms with Crippen molar-refractivity contribution in [3.05, 3.63) is 87.3 Å². The van der Waals surface area contributed by atoms with Gasteiger partial charge in [-0.3, -0.25) is 9.52 Å². The molecule has 1 aliphatic rings. The molecule has 1 heterocycles. The fourth-order valence-electron chi connectivity index (χ4n) is 4.36. The first-order valence-corrected chi connectivity index (χ1v) is 16.3. The number of hydrogen-bond donors (Lipinski definition) is 2. The first kappa shape index (κ1) is 29.0. The number of hydrogen-bond acceptors (Lipinski definition) is 6. The normalized spacial score (nSPS) is 13.8. The van der Waals surface area contributed by atoms with Gasteiger partial charge in [0.15, 0.2) is 0 Å². The Morgan fingerprint density at radius 2 is 1.70 bits per heavy atom. The molecular weight excluding hydrogens is 657 g/mol. The third-order valence-corrected chi connectivity index (χ3v) is 10.0. The Morgan fingerprint density at radius 3 is 2.48 bits per heavy atom. The van der Waals surface area contributed by atoms with Crippen molar-refractivity contribution < 1.29 is 17.9 Å². The summed E-state index contributed by atoms with van der Waals surface area (Å²) < 4.78 is 35.4. The SMILES string of the molecule is O=C(CSc1ccc(Br)c2cccc(Cl)c12)Nc1cc(S(=O)(=O)Nc2ccccc2Cl)ccc1N1CCOCC1. The lowest BCUT2D eigenvalue weighted by Crippen LogP contribution is -2.37. The number of carbonyl (C=O) groups is 1. The van der Waals surface area contributed by atoms with Crippen LogP contribution >= 0.6 is 50.9 Å². The minimum absolute atomic E-state index is 0.00179. The molecule has 1 saturated heterocycles. The summed E-state index contributed by atoms with van der Waals surface area (Å²) >= 11 is 17.6. The fraction of sp³-hybridized carbons (Fsp3) is 0.179. The van der Waals surface area contributed by atoms with Gasteiger partial charge in [-0.15, -0.1) is 11.8 Å². The third-order valence-electron chi connectivity index (χ3n) is 6.28. The van der Waals surface area contributed by atoms with Crippen LogP contribution in [0.15, 0.2) is 87.1 Å². The molecule has 0 radical (unpaired) electrons. The highest BCUT2D eigenvalue weighted by Crippen LogP contribution is 2.37. The zero-order valence-electron chi connectivity index (χ0n) is 21.0. The summed E-state index contributed by atoms with van der Waals surface area (Å²) in [6, 6.07) is 20.8. The molecule has 0 saturated carbocycles. The number of amides is 1. The Labute approximate surface area is 255 Å². The van der Waals surface area contributed by atoms with E-state index in [-0.39, 0.29) is 27.3 Å². The summed E-state index contributed by atoms with van der Waals surface area (Å²) in [6.07, 6.45) is 0. The number of para-hydroxylation sites is 1. The predicted octanol–water partition coefficient (Wildman–Crippen LogP) is 7.28. The highest BCUT2D eigenvalue weighted by atomic mass is 79.9. The number of halogens is 3. The van der Waals surface area contributed by atoms with Crippen LogP contribution < -0.4 is 14.9 Å². The topological polar surface area (TPSA) is 87.7 Å². The Balaban J connectivity index is 1.41. The van der Waals surface area contributed by atoms with Crippen LogP contribution in [0.2, 0.25) is 10.0 Å². The minimum Gasteiger partial charge on any atom is -0.378 e. The molecule has 0 bridgehead atoms. The van der Waals surface area contributed by atoms with Crippen molar-refractivity contribution in [3.63, 3.8) is 0 Å². The van der Waals surface area contributed by atoms with Crippen LogP contribution in [0.25, 0.3) is 10.8 Å². The van der Waals surface area contributed by atoms with Gasteiger partial charge in [0.2, 0.25) is 5.91 Å². The highest BCUT2D eigenvalue weighted by Gasteiger charge is 2.22. The number of anilines is 3. The molecule has 2 N–H and O–H groups in total. The van der Waals surface area contributed by atoms with Gasteiger partial charge >= 0.3 is 0 Å². The van der Waals surface area contributed by atoms with Gasteiger partial charge in [-0.25, -0.2) is 8.42 Å². The monoisotopic (exact) mass is 679 g/mol. The van der Waals surface area contributed by atoms with Crippen molar-refractivity contribution in [2.45, 2.75) is 9.79 Å². The molecule has 4 aromatic rings. The lowest BCUT2D eigenvalue weighted by Gasteiger charge is -2.30. The van der Waals surface area contributed by atoms with E-state index in [9.17, 15) is 13.2 Å². The quantitative estimate of drug-likeness (QED) is 0.190. The van der Waals surface area contributed by atoms with E-state index in [1.807, 2.05) is 30.3 Å². The van der Waals surface area contributed by atoms with Gasteiger partial charge in [0.25, 0.3) is 10.0 Å². The van der Waals surface area contributed by atoms with Crippen LogP contribution in [-0.4, -0.2) is 46.4 Å². The van der Waals surface area contributed by atoms with E-state index in [4.69, 9.17) is 27.9 Å². The fourth-order valence-corrected chi connectivity index (χ4v) is 7.38. The van der Waals surface area contributed by atoms with E-state index in [1.165, 1.54) is 23.9 Å². The molecule has 0 unspecified atom stereocenters. The maximum absolute atomic E-state index is 13.2. The highest BCUT2D eigenvalue weighted by molar-refractivity contribution is 9.10. The van der Waals surface area contributed by atoms with E-state index < -0.39 is 10.0 Å². The zero-order valence-corrected chi connectivity index (χ0v) is 25.7. The average Bonchev–Trinajstić information content (AvgIpc) is 2.94. The molecule has 12 heteroatoms. The van der Waals surface area contributed by atoms with Crippen molar-refractivity contribution in [1.29, 1.82) is 0 Å². The average molecular weight is 681 g/mol. The zero-order chi connectivity index (χ0) is 28.3. The van der Waals surface area contributed by atoms with Crippen molar-refractivity contribution in [2.75, 3.05) is 47.0 Å². The second-order valence-corrected chi connectivity index (χ2v) is 13.3. The molecule has 0 aliphatic carbocycles. The first-order valence-electron chi connectivity index (χ1n) is 12.3. The molecule has 0 atom stereocenters. The number of nitrogens with zero attached hydrogens (tertiary/aromatic N) is 1. The molecule has 7 nitrogen and oxygen atoms in total. The van der Waals surface area contributed by atoms with Crippen LogP contribution in [0.4, 0.5) is 17.1 Å². The van der Waals surface area contributed by atoms with Gasteiger partial charge in [-0.2, -0.15) is 0 Å². The summed E-state index contributed by atoms with van der Waals surface area (Å²) in [7, 11) is -3.98. The van der Waals surface area contributed by atoms with Crippen molar-refractivity contribution in [1.82, 2.24) is 0 Å². The number of benzene rings is 4. The van der Waals surface area contributed by atoms with E-state index in [0.717, 1.165) is 25.8 Å². The maximum Gasteiger partial charge on any atom is 0.262 e. The van der Waals surface area contributed by atoms with E-state index in [0.29, 0.717) is 37.0 Å². The third kappa shape index (κ3) is 6.53. The van der Waals surface area contributed by atoms with Crippen LogP contribution in [0, 0.1) is 0 Å². The molecule has 40 heavy (non-hydrogen) atoms. The molecule has 208 valence electrons. The van der Waals surface area contributed by atoms with Crippen molar-refractivity contribution in [2.24, 2.45) is 0 Å².